The standard InChI is InChI=1S/C23H28N4O2/c1-2-3-15-27-21(24)20(22(28)25-23(27)29)26(17-19-12-8-5-9-13-19)16-14-18-10-6-4-7-11-18/h4-13H,2-3,14-17,24H2,1H3,(H,25,28,29). The van der Waals surface area contributed by atoms with Crippen molar-refractivity contribution in [2.45, 2.75) is 39.3 Å². The molecule has 3 N–H and O–H groups in total. The van der Waals surface area contributed by atoms with Crippen molar-refractivity contribution in [3.8, 4) is 0 Å². The van der Waals surface area contributed by atoms with E-state index in [1.165, 1.54) is 10.1 Å². The van der Waals surface area contributed by atoms with Crippen LogP contribution in [0.15, 0.2) is 70.3 Å². The van der Waals surface area contributed by atoms with Crippen LogP contribution in [0, 0.1) is 0 Å². The number of rotatable bonds is 9. The Hall–Kier alpha value is -3.28. The predicted molar refractivity (Wildman–Crippen MR) is 118 cm³/mol. The van der Waals surface area contributed by atoms with Gasteiger partial charge in [-0.25, -0.2) is 4.79 Å². The van der Waals surface area contributed by atoms with Crippen LogP contribution in [0.25, 0.3) is 0 Å². The molecule has 0 aliphatic rings. The molecule has 0 fully saturated rings. The van der Waals surface area contributed by atoms with E-state index in [4.69, 9.17) is 5.73 Å². The van der Waals surface area contributed by atoms with E-state index in [1.54, 1.807) is 0 Å². The van der Waals surface area contributed by atoms with Crippen molar-refractivity contribution in [3.63, 3.8) is 0 Å². The van der Waals surface area contributed by atoms with Crippen molar-refractivity contribution in [1.82, 2.24) is 9.55 Å². The zero-order chi connectivity index (χ0) is 20.6. The summed E-state index contributed by atoms with van der Waals surface area (Å²) in [6, 6.07) is 20.1. The maximum atomic E-state index is 12.7. The Bertz CT molecular complexity index is 1030. The number of nitrogens with zero attached hydrogens (tertiary/aromatic N) is 2. The first kappa shape index (κ1) is 20.5. The summed E-state index contributed by atoms with van der Waals surface area (Å²) in [7, 11) is 0. The van der Waals surface area contributed by atoms with Crippen molar-refractivity contribution in [2.75, 3.05) is 17.2 Å². The van der Waals surface area contributed by atoms with E-state index in [-0.39, 0.29) is 5.82 Å². The summed E-state index contributed by atoms with van der Waals surface area (Å²) in [5, 5.41) is 0. The maximum absolute atomic E-state index is 12.7. The average molecular weight is 393 g/mol. The minimum absolute atomic E-state index is 0.233. The number of benzene rings is 2. The molecule has 2 aromatic carbocycles. The monoisotopic (exact) mass is 392 g/mol. The number of H-pyrrole nitrogens is 1. The SMILES string of the molecule is CCCCn1c(N)c(N(CCc2ccccc2)Cc2ccccc2)c(=O)[nH]c1=O. The van der Waals surface area contributed by atoms with E-state index in [0.29, 0.717) is 25.3 Å². The summed E-state index contributed by atoms with van der Waals surface area (Å²) in [6.45, 7) is 3.68. The van der Waals surface area contributed by atoms with Gasteiger partial charge in [0.1, 0.15) is 11.5 Å². The molecule has 0 unspecified atom stereocenters. The number of nitrogen functional groups attached to an aromatic ring is 1. The van der Waals surface area contributed by atoms with E-state index < -0.39 is 11.2 Å². The van der Waals surface area contributed by atoms with Crippen LogP contribution in [0.4, 0.5) is 11.5 Å². The minimum atomic E-state index is -0.451. The van der Waals surface area contributed by atoms with Gasteiger partial charge in [-0.05, 0) is 24.0 Å². The number of unbranched alkanes of at least 4 members (excludes halogenated alkanes) is 1. The summed E-state index contributed by atoms with van der Waals surface area (Å²) in [6.07, 6.45) is 2.51. The zero-order valence-electron chi connectivity index (χ0n) is 16.8. The van der Waals surface area contributed by atoms with Crippen molar-refractivity contribution in [1.29, 1.82) is 0 Å². The Morgan fingerprint density at radius 3 is 2.21 bits per heavy atom. The molecule has 0 spiro atoms. The van der Waals surface area contributed by atoms with Crippen LogP contribution in [0.1, 0.15) is 30.9 Å². The zero-order valence-corrected chi connectivity index (χ0v) is 16.8. The fourth-order valence-electron chi connectivity index (χ4n) is 3.40. The van der Waals surface area contributed by atoms with Crippen molar-refractivity contribution >= 4 is 11.5 Å². The quantitative estimate of drug-likeness (QED) is 0.586. The van der Waals surface area contributed by atoms with Crippen LogP contribution in [-0.4, -0.2) is 16.1 Å². The highest BCUT2D eigenvalue weighted by atomic mass is 16.2. The lowest BCUT2D eigenvalue weighted by Crippen LogP contribution is -2.39. The molecule has 0 aliphatic heterocycles. The molecule has 6 nitrogen and oxygen atoms in total. The van der Waals surface area contributed by atoms with Gasteiger partial charge >= 0.3 is 5.69 Å². The number of nitrogens with one attached hydrogen (secondary N) is 1. The molecule has 0 bridgehead atoms. The first-order valence-corrected chi connectivity index (χ1v) is 10.1. The first-order chi connectivity index (χ1) is 14.1. The topological polar surface area (TPSA) is 84.1 Å². The molecular weight excluding hydrogens is 364 g/mol. The lowest BCUT2D eigenvalue weighted by atomic mass is 10.1. The largest absolute Gasteiger partial charge is 0.383 e. The number of hydrogen-bond acceptors (Lipinski definition) is 4. The van der Waals surface area contributed by atoms with Gasteiger partial charge in [-0.15, -0.1) is 0 Å². The summed E-state index contributed by atoms with van der Waals surface area (Å²) in [5.41, 5.74) is 8.08. The van der Waals surface area contributed by atoms with Gasteiger partial charge < -0.3 is 10.6 Å². The number of aromatic amines is 1. The minimum Gasteiger partial charge on any atom is -0.383 e. The number of nitrogens with two attached hydrogens (primary N) is 1. The molecule has 0 radical (unpaired) electrons. The molecule has 3 rings (SSSR count). The molecule has 0 saturated heterocycles. The Morgan fingerprint density at radius 2 is 1.59 bits per heavy atom. The molecule has 1 aromatic heterocycles. The van der Waals surface area contributed by atoms with Gasteiger partial charge in [-0.2, -0.15) is 0 Å². The highest BCUT2D eigenvalue weighted by Crippen LogP contribution is 2.20. The number of anilines is 2. The molecule has 29 heavy (non-hydrogen) atoms. The Kier molecular flexibility index (Phi) is 6.89. The normalized spacial score (nSPS) is 10.8. The third-order valence-corrected chi connectivity index (χ3v) is 5.00. The second-order valence-corrected chi connectivity index (χ2v) is 7.14. The fraction of sp³-hybridized carbons (Fsp3) is 0.304. The van der Waals surface area contributed by atoms with Crippen LogP contribution in [0.3, 0.4) is 0 Å². The van der Waals surface area contributed by atoms with Crippen molar-refractivity contribution in [3.05, 3.63) is 92.6 Å². The van der Waals surface area contributed by atoms with E-state index in [0.717, 1.165) is 24.8 Å². The average Bonchev–Trinajstić information content (AvgIpc) is 2.73. The van der Waals surface area contributed by atoms with Crippen LogP contribution in [0.2, 0.25) is 0 Å². The molecule has 0 atom stereocenters. The van der Waals surface area contributed by atoms with E-state index in [1.807, 2.05) is 53.4 Å². The Balaban J connectivity index is 1.98. The highest BCUT2D eigenvalue weighted by Gasteiger charge is 2.19. The molecule has 3 aromatic rings. The summed E-state index contributed by atoms with van der Waals surface area (Å²) in [4.78, 5) is 29.4. The van der Waals surface area contributed by atoms with Crippen molar-refractivity contribution < 1.29 is 0 Å². The third-order valence-electron chi connectivity index (χ3n) is 5.00. The van der Waals surface area contributed by atoms with E-state index in [9.17, 15) is 9.59 Å². The summed E-state index contributed by atoms with van der Waals surface area (Å²) >= 11 is 0. The van der Waals surface area contributed by atoms with Crippen LogP contribution in [-0.2, 0) is 19.5 Å². The van der Waals surface area contributed by atoms with Gasteiger partial charge in [0.2, 0.25) is 0 Å². The van der Waals surface area contributed by atoms with Gasteiger partial charge in [0.05, 0.1) is 0 Å². The highest BCUT2D eigenvalue weighted by molar-refractivity contribution is 5.62. The fourth-order valence-corrected chi connectivity index (χ4v) is 3.40. The lowest BCUT2D eigenvalue weighted by molar-refractivity contribution is 0.602. The lowest BCUT2D eigenvalue weighted by Gasteiger charge is -2.26. The number of aromatic nitrogens is 2. The van der Waals surface area contributed by atoms with Gasteiger partial charge in [-0.3, -0.25) is 14.3 Å². The first-order valence-electron chi connectivity index (χ1n) is 10.1. The molecule has 6 heteroatoms. The number of hydrogen-bond donors (Lipinski definition) is 2. The second kappa shape index (κ2) is 9.78. The summed E-state index contributed by atoms with van der Waals surface area (Å²) < 4.78 is 1.47. The van der Waals surface area contributed by atoms with E-state index in [2.05, 4.69) is 24.0 Å². The summed E-state index contributed by atoms with van der Waals surface area (Å²) in [5.74, 6) is 0.233. The van der Waals surface area contributed by atoms with Gasteiger partial charge in [-0.1, -0.05) is 74.0 Å². The van der Waals surface area contributed by atoms with Crippen molar-refractivity contribution in [2.24, 2.45) is 0 Å². The molecule has 1 heterocycles. The molecule has 0 aliphatic carbocycles. The van der Waals surface area contributed by atoms with E-state index >= 15 is 0 Å². The Morgan fingerprint density at radius 1 is 0.966 bits per heavy atom. The smallest absolute Gasteiger partial charge is 0.330 e. The third kappa shape index (κ3) is 5.16. The van der Waals surface area contributed by atoms with Gasteiger partial charge in [0, 0.05) is 19.6 Å². The molecule has 152 valence electrons. The maximum Gasteiger partial charge on any atom is 0.330 e. The molecule has 0 saturated carbocycles. The van der Waals surface area contributed by atoms with Gasteiger partial charge in [0.15, 0.2) is 0 Å². The van der Waals surface area contributed by atoms with Crippen LogP contribution in [0.5, 0.6) is 0 Å². The van der Waals surface area contributed by atoms with Crippen LogP contribution >= 0.6 is 0 Å². The Labute approximate surface area is 170 Å². The molecule has 0 amide bonds. The van der Waals surface area contributed by atoms with Crippen LogP contribution < -0.4 is 21.9 Å². The second-order valence-electron chi connectivity index (χ2n) is 7.14. The predicted octanol–water partition coefficient (Wildman–Crippen LogP) is 3.17. The molecular formula is C23H28N4O2. The van der Waals surface area contributed by atoms with Gasteiger partial charge in [0.25, 0.3) is 5.56 Å².